The third kappa shape index (κ3) is 5.25. The van der Waals surface area contributed by atoms with Gasteiger partial charge in [0.05, 0.1) is 19.6 Å². The molecule has 1 atom stereocenters. The van der Waals surface area contributed by atoms with Gasteiger partial charge in [-0.15, -0.1) is 0 Å². The van der Waals surface area contributed by atoms with Crippen molar-refractivity contribution in [1.29, 1.82) is 0 Å². The number of rotatable bonds is 6. The monoisotopic (exact) mass is 414 g/mol. The van der Waals surface area contributed by atoms with E-state index in [1.165, 1.54) is 0 Å². The van der Waals surface area contributed by atoms with Crippen molar-refractivity contribution >= 4 is 5.97 Å². The van der Waals surface area contributed by atoms with Gasteiger partial charge in [0.15, 0.2) is 0 Å². The van der Waals surface area contributed by atoms with Crippen molar-refractivity contribution in [2.75, 3.05) is 6.61 Å². The summed E-state index contributed by atoms with van der Waals surface area (Å²) in [5.41, 5.74) is 4.47. The van der Waals surface area contributed by atoms with Crippen molar-refractivity contribution in [1.82, 2.24) is 0 Å². The summed E-state index contributed by atoms with van der Waals surface area (Å²) >= 11 is 0. The third-order valence-corrected chi connectivity index (χ3v) is 5.08. The lowest BCUT2D eigenvalue weighted by atomic mass is 9.98. The van der Waals surface area contributed by atoms with Crippen molar-refractivity contribution < 1.29 is 24.5 Å². The van der Waals surface area contributed by atoms with Crippen molar-refractivity contribution in [3.8, 4) is 23.3 Å². The van der Waals surface area contributed by atoms with Gasteiger partial charge < -0.3 is 19.7 Å². The van der Waals surface area contributed by atoms with Crippen LogP contribution in [0.3, 0.4) is 0 Å². The number of hydrogen-bond donors (Lipinski definition) is 2. The molecule has 0 fully saturated rings. The molecule has 0 saturated carbocycles. The predicted octanol–water partition coefficient (Wildman–Crippen LogP) is 4.11. The molecule has 2 N–H and O–H groups in total. The summed E-state index contributed by atoms with van der Waals surface area (Å²) in [4.78, 5) is 11.0. The number of hydrogen-bond acceptors (Lipinski definition) is 4. The molecule has 0 amide bonds. The van der Waals surface area contributed by atoms with Crippen molar-refractivity contribution in [3.63, 3.8) is 0 Å². The Morgan fingerprint density at radius 1 is 1.00 bits per heavy atom. The second-order valence-electron chi connectivity index (χ2n) is 7.40. The first-order chi connectivity index (χ1) is 15.1. The van der Waals surface area contributed by atoms with Crippen LogP contribution in [0.2, 0.25) is 0 Å². The molecule has 5 heteroatoms. The number of aliphatic hydroxyl groups excluding tert-OH is 1. The zero-order valence-electron chi connectivity index (χ0n) is 16.9. The summed E-state index contributed by atoms with van der Waals surface area (Å²) in [5, 5.41) is 18.3. The van der Waals surface area contributed by atoms with Crippen molar-refractivity contribution in [2.24, 2.45) is 0 Å². The molecule has 0 radical (unpaired) electrons. The summed E-state index contributed by atoms with van der Waals surface area (Å²) in [7, 11) is 0. The average Bonchev–Trinajstić information content (AvgIpc) is 3.18. The highest BCUT2D eigenvalue weighted by Gasteiger charge is 2.26. The maximum Gasteiger partial charge on any atom is 0.304 e. The van der Waals surface area contributed by atoms with Gasteiger partial charge in [-0.3, -0.25) is 4.79 Å². The van der Waals surface area contributed by atoms with Crippen LogP contribution in [-0.4, -0.2) is 22.8 Å². The molecule has 1 aliphatic heterocycles. The molecule has 1 unspecified atom stereocenters. The minimum absolute atomic E-state index is 0.00368. The average molecular weight is 414 g/mol. The van der Waals surface area contributed by atoms with Crippen molar-refractivity contribution in [3.05, 3.63) is 94.5 Å². The topological polar surface area (TPSA) is 76.0 Å². The van der Waals surface area contributed by atoms with E-state index in [4.69, 9.17) is 14.6 Å². The van der Waals surface area contributed by atoms with E-state index < -0.39 is 5.97 Å². The number of carbonyl (C=O) groups is 1. The van der Waals surface area contributed by atoms with Gasteiger partial charge in [-0.1, -0.05) is 42.2 Å². The molecule has 0 spiro atoms. The Bertz CT molecular complexity index is 1160. The lowest BCUT2D eigenvalue weighted by molar-refractivity contribution is -0.137. The summed E-state index contributed by atoms with van der Waals surface area (Å²) in [5.74, 6) is 6.69. The molecular formula is C26H22O5. The van der Waals surface area contributed by atoms with E-state index in [2.05, 4.69) is 11.8 Å². The smallest absolute Gasteiger partial charge is 0.304 e. The Morgan fingerprint density at radius 3 is 2.42 bits per heavy atom. The summed E-state index contributed by atoms with van der Waals surface area (Å²) in [6, 6.07) is 20.9. The molecule has 0 saturated heterocycles. The quantitative estimate of drug-likeness (QED) is 0.594. The minimum Gasteiger partial charge on any atom is -0.492 e. The van der Waals surface area contributed by atoms with Crippen LogP contribution in [0, 0.1) is 11.8 Å². The minimum atomic E-state index is -0.828. The van der Waals surface area contributed by atoms with Crippen LogP contribution in [0.1, 0.15) is 40.2 Å². The zero-order valence-corrected chi connectivity index (χ0v) is 16.9. The van der Waals surface area contributed by atoms with Crippen LogP contribution in [-0.2, 0) is 18.0 Å². The molecule has 0 aliphatic carbocycles. The normalized spacial score (nSPS) is 14.2. The van der Waals surface area contributed by atoms with E-state index in [9.17, 15) is 9.90 Å². The number of ether oxygens (including phenoxy) is 2. The Kier molecular flexibility index (Phi) is 6.21. The zero-order chi connectivity index (χ0) is 21.6. The van der Waals surface area contributed by atoms with E-state index in [1.807, 2.05) is 66.7 Å². The second kappa shape index (κ2) is 9.38. The van der Waals surface area contributed by atoms with Crippen molar-refractivity contribution in [2.45, 2.75) is 25.6 Å². The Hall–Kier alpha value is -3.75. The Labute approximate surface area is 180 Å². The van der Waals surface area contributed by atoms with Crippen LogP contribution in [0.25, 0.3) is 0 Å². The van der Waals surface area contributed by atoms with E-state index in [0.29, 0.717) is 24.7 Å². The number of carboxylic acids is 1. The number of carboxylic acid groups (broad SMARTS) is 1. The van der Waals surface area contributed by atoms with Crippen LogP contribution in [0.5, 0.6) is 11.5 Å². The largest absolute Gasteiger partial charge is 0.492 e. The number of aliphatic carboxylic acids is 1. The third-order valence-electron chi connectivity index (χ3n) is 5.08. The molecule has 156 valence electrons. The SMILES string of the molecule is O=C(O)CC1COc2cc(OCc3cccc(C#Cc4cccc(CO)c4)c3)ccc21. The van der Waals surface area contributed by atoms with E-state index in [-0.39, 0.29) is 18.9 Å². The van der Waals surface area contributed by atoms with Gasteiger partial charge in [0, 0.05) is 28.7 Å². The molecule has 5 nitrogen and oxygen atoms in total. The lowest BCUT2D eigenvalue weighted by Crippen LogP contribution is -2.07. The standard InChI is InChI=1S/C26H22O5/c27-15-20-5-1-3-18(11-20)7-8-19-4-2-6-21(12-19)16-30-23-9-10-24-22(13-26(28)29)17-31-25(24)14-23/h1-6,9-12,14,22,27H,13,15-17H2,(H,28,29). The molecule has 1 heterocycles. The first-order valence-electron chi connectivity index (χ1n) is 10.0. The Balaban J connectivity index is 1.41. The first kappa shape index (κ1) is 20.5. The molecule has 3 aromatic rings. The Morgan fingerprint density at radius 2 is 1.71 bits per heavy atom. The molecular weight excluding hydrogens is 392 g/mol. The molecule has 0 bridgehead atoms. The highest BCUT2D eigenvalue weighted by molar-refractivity contribution is 5.68. The van der Waals surface area contributed by atoms with Gasteiger partial charge in [-0.25, -0.2) is 0 Å². The lowest BCUT2D eigenvalue weighted by Gasteiger charge is -2.09. The van der Waals surface area contributed by atoms with E-state index in [0.717, 1.165) is 27.8 Å². The number of benzene rings is 3. The van der Waals surface area contributed by atoms with Gasteiger partial charge in [-0.2, -0.15) is 0 Å². The van der Waals surface area contributed by atoms with Crippen LogP contribution >= 0.6 is 0 Å². The fourth-order valence-corrected chi connectivity index (χ4v) is 3.52. The van der Waals surface area contributed by atoms with E-state index >= 15 is 0 Å². The van der Waals surface area contributed by atoms with E-state index in [1.54, 1.807) is 0 Å². The van der Waals surface area contributed by atoms with Crippen LogP contribution in [0.4, 0.5) is 0 Å². The van der Waals surface area contributed by atoms with Crippen LogP contribution < -0.4 is 9.47 Å². The highest BCUT2D eigenvalue weighted by Crippen LogP contribution is 2.38. The number of fused-ring (bicyclic) bond motifs is 1. The maximum absolute atomic E-state index is 11.0. The van der Waals surface area contributed by atoms with Gasteiger partial charge in [0.25, 0.3) is 0 Å². The van der Waals surface area contributed by atoms with Gasteiger partial charge in [0.1, 0.15) is 18.1 Å². The number of aliphatic hydroxyl groups is 1. The summed E-state index contributed by atoms with van der Waals surface area (Å²) in [6.45, 7) is 0.760. The van der Waals surface area contributed by atoms with Gasteiger partial charge in [0.2, 0.25) is 0 Å². The molecule has 31 heavy (non-hydrogen) atoms. The summed E-state index contributed by atoms with van der Waals surface area (Å²) in [6.07, 6.45) is 0.0608. The molecule has 4 rings (SSSR count). The molecule has 3 aromatic carbocycles. The fraction of sp³-hybridized carbons (Fsp3) is 0.192. The molecule has 1 aliphatic rings. The first-order valence-corrected chi connectivity index (χ1v) is 10.0. The highest BCUT2D eigenvalue weighted by atomic mass is 16.5. The van der Waals surface area contributed by atoms with Crippen LogP contribution in [0.15, 0.2) is 66.7 Å². The fourth-order valence-electron chi connectivity index (χ4n) is 3.52. The maximum atomic E-state index is 11.0. The summed E-state index contributed by atoms with van der Waals surface area (Å²) < 4.78 is 11.5. The molecule has 0 aromatic heterocycles. The van der Waals surface area contributed by atoms with Gasteiger partial charge in [-0.05, 0) is 41.5 Å². The second-order valence-corrected chi connectivity index (χ2v) is 7.40. The van der Waals surface area contributed by atoms with Gasteiger partial charge >= 0.3 is 5.97 Å². The predicted molar refractivity (Wildman–Crippen MR) is 116 cm³/mol.